The van der Waals surface area contributed by atoms with Gasteiger partial charge >= 0.3 is 6.36 Å². The van der Waals surface area contributed by atoms with Gasteiger partial charge in [0, 0.05) is 11.1 Å². The fraction of sp³-hybridized carbons (Fsp3) is 0.0714. The average Bonchev–Trinajstić information content (AvgIpc) is 2.42. The third-order valence-electron chi connectivity index (χ3n) is 2.63. The molecule has 0 saturated carbocycles. The summed E-state index contributed by atoms with van der Waals surface area (Å²) in [5.74, 6) is -1.55. The maximum Gasteiger partial charge on any atom is 0.573 e. The summed E-state index contributed by atoms with van der Waals surface area (Å²) in [6, 6.07) is 6.91. The van der Waals surface area contributed by atoms with Gasteiger partial charge in [0.25, 0.3) is 5.91 Å². The first-order valence-corrected chi connectivity index (χ1v) is 6.76. The number of halogens is 5. The van der Waals surface area contributed by atoms with Crippen LogP contribution in [0.15, 0.2) is 36.4 Å². The summed E-state index contributed by atoms with van der Waals surface area (Å²) >= 11 is 11.5. The topological polar surface area (TPSA) is 58.6 Å². The molecule has 0 heterocycles. The molecule has 0 radical (unpaired) electrons. The SMILES string of the molecule is O=C(Nc1ccc(OC(F)(F)F)cc1Cl)c1cc(Cl)ccc1O. The van der Waals surface area contributed by atoms with Crippen LogP contribution >= 0.6 is 23.2 Å². The molecule has 2 rings (SSSR count). The molecule has 9 heteroatoms. The smallest absolute Gasteiger partial charge is 0.507 e. The number of phenolic OH excluding ortho intramolecular Hbond substituents is 1. The van der Waals surface area contributed by atoms with Gasteiger partial charge in [-0.2, -0.15) is 0 Å². The lowest BCUT2D eigenvalue weighted by Gasteiger charge is -2.12. The largest absolute Gasteiger partial charge is 0.573 e. The summed E-state index contributed by atoms with van der Waals surface area (Å²) < 4.78 is 40.0. The Hall–Kier alpha value is -2.12. The van der Waals surface area contributed by atoms with Crippen LogP contribution < -0.4 is 10.1 Å². The Morgan fingerprint density at radius 1 is 1.13 bits per heavy atom. The van der Waals surface area contributed by atoms with Crippen LogP contribution in [0.2, 0.25) is 10.0 Å². The summed E-state index contributed by atoms with van der Waals surface area (Å²) in [5, 5.41) is 12.0. The zero-order chi connectivity index (χ0) is 17.2. The van der Waals surface area contributed by atoms with E-state index >= 15 is 0 Å². The molecule has 0 saturated heterocycles. The van der Waals surface area contributed by atoms with Crippen LogP contribution in [-0.4, -0.2) is 17.4 Å². The summed E-state index contributed by atoms with van der Waals surface area (Å²) in [6.07, 6.45) is -4.85. The molecular formula is C14H8Cl2F3NO3. The summed E-state index contributed by atoms with van der Waals surface area (Å²) in [6.45, 7) is 0. The van der Waals surface area contributed by atoms with Crippen molar-refractivity contribution in [2.75, 3.05) is 5.32 Å². The molecule has 1 amide bonds. The molecule has 2 aromatic rings. The number of anilines is 1. The number of amides is 1. The van der Waals surface area contributed by atoms with Crippen molar-refractivity contribution in [2.45, 2.75) is 6.36 Å². The zero-order valence-electron chi connectivity index (χ0n) is 11.1. The number of hydrogen-bond acceptors (Lipinski definition) is 3. The lowest BCUT2D eigenvalue weighted by molar-refractivity contribution is -0.274. The molecule has 0 atom stereocenters. The predicted molar refractivity (Wildman–Crippen MR) is 79.2 cm³/mol. The maximum atomic E-state index is 12.1. The van der Waals surface area contributed by atoms with Gasteiger partial charge in [-0.25, -0.2) is 0 Å². The summed E-state index contributed by atoms with van der Waals surface area (Å²) in [5.41, 5.74) is -0.0604. The van der Waals surface area contributed by atoms with Gasteiger partial charge < -0.3 is 15.2 Å². The quantitative estimate of drug-likeness (QED) is 0.817. The van der Waals surface area contributed by atoms with Crippen molar-refractivity contribution in [2.24, 2.45) is 0 Å². The van der Waals surface area contributed by atoms with E-state index in [9.17, 15) is 23.1 Å². The lowest BCUT2D eigenvalue weighted by atomic mass is 10.2. The summed E-state index contributed by atoms with van der Waals surface area (Å²) in [4.78, 5) is 12.1. The number of ether oxygens (including phenoxy) is 1. The van der Waals surface area contributed by atoms with E-state index in [1.54, 1.807) is 0 Å². The van der Waals surface area contributed by atoms with Gasteiger partial charge in [-0.3, -0.25) is 4.79 Å². The second-order valence-corrected chi connectivity index (χ2v) is 5.15. The van der Waals surface area contributed by atoms with Crippen LogP contribution in [0.3, 0.4) is 0 Å². The third kappa shape index (κ3) is 4.67. The highest BCUT2D eigenvalue weighted by atomic mass is 35.5. The minimum Gasteiger partial charge on any atom is -0.507 e. The molecule has 0 spiro atoms. The normalized spacial score (nSPS) is 11.2. The van der Waals surface area contributed by atoms with E-state index in [0.717, 1.165) is 18.2 Å². The van der Waals surface area contributed by atoms with Crippen molar-refractivity contribution in [1.82, 2.24) is 0 Å². The van der Waals surface area contributed by atoms with Crippen molar-refractivity contribution in [1.29, 1.82) is 0 Å². The first-order chi connectivity index (χ1) is 10.7. The van der Waals surface area contributed by atoms with E-state index in [4.69, 9.17) is 23.2 Å². The molecule has 2 N–H and O–H groups in total. The average molecular weight is 366 g/mol. The van der Waals surface area contributed by atoms with E-state index in [1.807, 2.05) is 0 Å². The molecule has 0 bridgehead atoms. The van der Waals surface area contributed by atoms with Crippen molar-refractivity contribution >= 4 is 34.8 Å². The Bertz CT molecular complexity index is 751. The number of carbonyl (C=O) groups is 1. The predicted octanol–water partition coefficient (Wildman–Crippen LogP) is 4.85. The highest BCUT2D eigenvalue weighted by Crippen LogP contribution is 2.31. The first kappa shape index (κ1) is 17.2. The first-order valence-electron chi connectivity index (χ1n) is 6.01. The zero-order valence-corrected chi connectivity index (χ0v) is 12.6. The van der Waals surface area contributed by atoms with Crippen LogP contribution in [0.25, 0.3) is 0 Å². The van der Waals surface area contributed by atoms with Crippen molar-refractivity contribution in [3.8, 4) is 11.5 Å². The number of hydrogen-bond donors (Lipinski definition) is 2. The molecule has 122 valence electrons. The van der Waals surface area contributed by atoms with Crippen LogP contribution in [0.4, 0.5) is 18.9 Å². The molecule has 0 aliphatic heterocycles. The molecule has 4 nitrogen and oxygen atoms in total. The number of phenols is 1. The van der Waals surface area contributed by atoms with E-state index in [0.29, 0.717) is 0 Å². The molecule has 0 unspecified atom stereocenters. The van der Waals surface area contributed by atoms with Crippen LogP contribution in [0, 0.1) is 0 Å². The fourth-order valence-corrected chi connectivity index (χ4v) is 2.06. The fourth-order valence-electron chi connectivity index (χ4n) is 1.67. The summed E-state index contributed by atoms with van der Waals surface area (Å²) in [7, 11) is 0. The Morgan fingerprint density at radius 2 is 1.83 bits per heavy atom. The second-order valence-electron chi connectivity index (χ2n) is 4.31. The number of rotatable bonds is 3. The third-order valence-corrected chi connectivity index (χ3v) is 3.17. The number of nitrogens with one attached hydrogen (secondary N) is 1. The lowest BCUT2D eigenvalue weighted by Crippen LogP contribution is -2.17. The highest BCUT2D eigenvalue weighted by Gasteiger charge is 2.31. The second kappa shape index (κ2) is 6.55. The number of benzene rings is 2. The van der Waals surface area contributed by atoms with Crippen LogP contribution in [-0.2, 0) is 0 Å². The van der Waals surface area contributed by atoms with Gasteiger partial charge in [0.2, 0.25) is 0 Å². The number of carbonyl (C=O) groups excluding carboxylic acids is 1. The van der Waals surface area contributed by atoms with Gasteiger partial charge in [-0.1, -0.05) is 23.2 Å². The Labute approximate surface area is 138 Å². The van der Waals surface area contributed by atoms with Gasteiger partial charge in [-0.05, 0) is 30.3 Å². The monoisotopic (exact) mass is 365 g/mol. The Morgan fingerprint density at radius 3 is 2.43 bits per heavy atom. The highest BCUT2D eigenvalue weighted by molar-refractivity contribution is 6.34. The maximum absolute atomic E-state index is 12.1. The van der Waals surface area contributed by atoms with E-state index in [1.165, 1.54) is 18.2 Å². The van der Waals surface area contributed by atoms with Crippen molar-refractivity contribution in [3.63, 3.8) is 0 Å². The van der Waals surface area contributed by atoms with Crippen LogP contribution in [0.5, 0.6) is 11.5 Å². The van der Waals surface area contributed by atoms with Gasteiger partial charge in [0.15, 0.2) is 0 Å². The standard InChI is InChI=1S/C14H8Cl2F3NO3/c15-7-1-4-12(21)9(5-7)13(22)20-11-3-2-8(6-10(11)16)23-14(17,18)19/h1-6,21H,(H,20,22). The number of aromatic hydroxyl groups is 1. The molecular weight excluding hydrogens is 358 g/mol. The van der Waals surface area contributed by atoms with E-state index in [2.05, 4.69) is 10.1 Å². The minimum atomic E-state index is -4.85. The van der Waals surface area contributed by atoms with Crippen LogP contribution in [0.1, 0.15) is 10.4 Å². The van der Waals surface area contributed by atoms with Crippen molar-refractivity contribution < 1.29 is 27.8 Å². The minimum absolute atomic E-state index is 0.0468. The molecule has 0 aliphatic rings. The Kier molecular flexibility index (Phi) is 4.91. The number of alkyl halides is 3. The van der Waals surface area contributed by atoms with Gasteiger partial charge in [-0.15, -0.1) is 13.2 Å². The Balaban J connectivity index is 2.20. The molecule has 0 fully saturated rings. The van der Waals surface area contributed by atoms with Crippen molar-refractivity contribution in [3.05, 3.63) is 52.0 Å². The van der Waals surface area contributed by atoms with Gasteiger partial charge in [0.1, 0.15) is 11.5 Å². The van der Waals surface area contributed by atoms with E-state index in [-0.39, 0.29) is 27.0 Å². The van der Waals surface area contributed by atoms with E-state index < -0.39 is 18.0 Å². The molecule has 23 heavy (non-hydrogen) atoms. The molecule has 2 aromatic carbocycles. The molecule has 0 aliphatic carbocycles. The molecule has 0 aromatic heterocycles. The van der Waals surface area contributed by atoms with Gasteiger partial charge in [0.05, 0.1) is 16.3 Å².